The molecule has 2 aromatic carbocycles. The molecule has 198 valence electrons. The third kappa shape index (κ3) is 8.78. The highest BCUT2D eigenvalue weighted by Gasteiger charge is 2.27. The number of halogens is 2. The Labute approximate surface area is 228 Å². The SMILES string of the molecule is CC[C@@H](C)NC(=O)[C@@H](C)N(Cc1ccc(Br)cc1)C(=O)CCCN(c1cc(Cl)ccc1C)S(C)(=O)=O. The van der Waals surface area contributed by atoms with E-state index < -0.39 is 16.1 Å². The first-order valence-corrected chi connectivity index (χ1v) is 14.9. The van der Waals surface area contributed by atoms with Crippen LogP contribution in [0.25, 0.3) is 0 Å². The minimum Gasteiger partial charge on any atom is -0.352 e. The summed E-state index contributed by atoms with van der Waals surface area (Å²) in [6, 6.07) is 12.0. The lowest BCUT2D eigenvalue weighted by molar-refractivity contribution is -0.140. The number of carbonyl (C=O) groups excluding carboxylic acids is 2. The van der Waals surface area contributed by atoms with Gasteiger partial charge in [0.2, 0.25) is 21.8 Å². The summed E-state index contributed by atoms with van der Waals surface area (Å²) in [5, 5.41) is 3.38. The van der Waals surface area contributed by atoms with E-state index in [1.807, 2.05) is 45.0 Å². The fourth-order valence-electron chi connectivity index (χ4n) is 3.67. The number of amides is 2. The van der Waals surface area contributed by atoms with Gasteiger partial charge in [-0.3, -0.25) is 13.9 Å². The lowest BCUT2D eigenvalue weighted by atomic mass is 10.1. The first-order valence-electron chi connectivity index (χ1n) is 11.9. The van der Waals surface area contributed by atoms with Crippen molar-refractivity contribution in [2.45, 2.75) is 65.6 Å². The molecule has 2 atom stereocenters. The van der Waals surface area contributed by atoms with Crippen LogP contribution in [0.5, 0.6) is 0 Å². The molecule has 0 bridgehead atoms. The van der Waals surface area contributed by atoms with Crippen molar-refractivity contribution in [3.8, 4) is 0 Å². The van der Waals surface area contributed by atoms with E-state index in [1.54, 1.807) is 30.0 Å². The standard InChI is InChI=1S/C26H35BrClN3O4S/c1-6-19(3)29-26(33)20(4)30(17-21-10-12-22(27)13-11-21)25(32)8-7-15-31(36(5,34)35)24-16-23(28)14-9-18(24)2/h9-14,16,19-20H,6-8,15,17H2,1-5H3,(H,29,33)/t19-,20-/m1/s1. The van der Waals surface area contributed by atoms with Gasteiger partial charge in [-0.05, 0) is 69.0 Å². The van der Waals surface area contributed by atoms with Gasteiger partial charge in [-0.15, -0.1) is 0 Å². The number of nitrogens with zero attached hydrogens (tertiary/aromatic N) is 2. The Kier molecular flexibility index (Phi) is 11.3. The van der Waals surface area contributed by atoms with Gasteiger partial charge in [0, 0.05) is 35.0 Å². The minimum atomic E-state index is -3.59. The van der Waals surface area contributed by atoms with Crippen LogP contribution in [-0.4, -0.2) is 50.0 Å². The van der Waals surface area contributed by atoms with E-state index in [-0.39, 0.29) is 43.8 Å². The van der Waals surface area contributed by atoms with E-state index in [4.69, 9.17) is 11.6 Å². The summed E-state index contributed by atoms with van der Waals surface area (Å²) in [4.78, 5) is 27.8. The number of anilines is 1. The van der Waals surface area contributed by atoms with Crippen molar-refractivity contribution in [2.75, 3.05) is 17.1 Å². The minimum absolute atomic E-state index is 0.00571. The van der Waals surface area contributed by atoms with E-state index in [1.165, 1.54) is 4.31 Å². The Morgan fingerprint density at radius 3 is 2.33 bits per heavy atom. The normalized spacial score (nSPS) is 13.1. The molecule has 0 aliphatic carbocycles. The molecular formula is C26H35BrClN3O4S. The van der Waals surface area contributed by atoms with Gasteiger partial charge in [0.25, 0.3) is 0 Å². The number of aryl methyl sites for hydroxylation is 1. The summed E-state index contributed by atoms with van der Waals surface area (Å²) in [6.07, 6.45) is 2.29. The molecule has 0 unspecified atom stereocenters. The molecule has 0 spiro atoms. The molecule has 0 saturated heterocycles. The third-order valence-corrected chi connectivity index (χ3v) is 7.97. The lowest BCUT2D eigenvalue weighted by Gasteiger charge is -2.30. The number of nitrogens with one attached hydrogen (secondary N) is 1. The van der Waals surface area contributed by atoms with Crippen molar-refractivity contribution >= 4 is 55.1 Å². The predicted molar refractivity (Wildman–Crippen MR) is 150 cm³/mol. The van der Waals surface area contributed by atoms with Crippen molar-refractivity contribution in [3.63, 3.8) is 0 Å². The molecule has 36 heavy (non-hydrogen) atoms. The van der Waals surface area contributed by atoms with Crippen LogP contribution in [0.2, 0.25) is 5.02 Å². The second kappa shape index (κ2) is 13.4. The van der Waals surface area contributed by atoms with Crippen molar-refractivity contribution in [3.05, 3.63) is 63.1 Å². The first-order chi connectivity index (χ1) is 16.8. The van der Waals surface area contributed by atoms with Crippen LogP contribution < -0.4 is 9.62 Å². The van der Waals surface area contributed by atoms with Gasteiger partial charge in [0.1, 0.15) is 6.04 Å². The second-order valence-electron chi connectivity index (χ2n) is 9.01. The zero-order valence-electron chi connectivity index (χ0n) is 21.4. The molecular weight excluding hydrogens is 566 g/mol. The van der Waals surface area contributed by atoms with Crippen LogP contribution in [0.15, 0.2) is 46.9 Å². The Bertz CT molecular complexity index is 1160. The van der Waals surface area contributed by atoms with Crippen LogP contribution in [-0.2, 0) is 26.2 Å². The maximum atomic E-state index is 13.4. The lowest BCUT2D eigenvalue weighted by Crippen LogP contribution is -2.49. The molecule has 2 rings (SSSR count). The zero-order valence-corrected chi connectivity index (χ0v) is 24.6. The molecule has 10 heteroatoms. The molecule has 0 fully saturated rings. The summed E-state index contributed by atoms with van der Waals surface area (Å²) in [7, 11) is -3.59. The van der Waals surface area contributed by atoms with Gasteiger partial charge in [-0.25, -0.2) is 8.42 Å². The van der Waals surface area contributed by atoms with Gasteiger partial charge in [0.15, 0.2) is 0 Å². The maximum Gasteiger partial charge on any atom is 0.242 e. The molecule has 0 radical (unpaired) electrons. The number of carbonyl (C=O) groups is 2. The van der Waals surface area contributed by atoms with E-state index in [0.29, 0.717) is 10.7 Å². The average Bonchev–Trinajstić information content (AvgIpc) is 2.81. The fraction of sp³-hybridized carbons (Fsp3) is 0.462. The van der Waals surface area contributed by atoms with Crippen molar-refractivity contribution in [2.24, 2.45) is 0 Å². The summed E-state index contributed by atoms with van der Waals surface area (Å²) in [5.74, 6) is -0.442. The molecule has 0 aliphatic rings. The monoisotopic (exact) mass is 599 g/mol. The zero-order chi connectivity index (χ0) is 27.0. The second-order valence-corrected chi connectivity index (χ2v) is 12.3. The van der Waals surface area contributed by atoms with Gasteiger partial charge in [0.05, 0.1) is 11.9 Å². The van der Waals surface area contributed by atoms with Gasteiger partial charge in [-0.1, -0.05) is 52.7 Å². The predicted octanol–water partition coefficient (Wildman–Crippen LogP) is 5.29. The van der Waals surface area contributed by atoms with Crippen molar-refractivity contribution in [1.29, 1.82) is 0 Å². The van der Waals surface area contributed by atoms with Crippen LogP contribution >= 0.6 is 27.5 Å². The first kappa shape index (κ1) is 30.1. The van der Waals surface area contributed by atoms with E-state index >= 15 is 0 Å². The average molecular weight is 601 g/mol. The molecule has 0 saturated carbocycles. The Morgan fingerprint density at radius 2 is 1.75 bits per heavy atom. The molecule has 2 amide bonds. The van der Waals surface area contributed by atoms with Gasteiger partial charge < -0.3 is 10.2 Å². The van der Waals surface area contributed by atoms with Crippen LogP contribution in [0, 0.1) is 6.92 Å². The van der Waals surface area contributed by atoms with Gasteiger partial charge >= 0.3 is 0 Å². The summed E-state index contributed by atoms with van der Waals surface area (Å²) >= 11 is 9.53. The highest BCUT2D eigenvalue weighted by atomic mass is 79.9. The largest absolute Gasteiger partial charge is 0.352 e. The Hall–Kier alpha value is -2.10. The summed E-state index contributed by atoms with van der Waals surface area (Å²) < 4.78 is 27.3. The third-order valence-electron chi connectivity index (χ3n) is 6.03. The Morgan fingerprint density at radius 1 is 1.11 bits per heavy atom. The number of benzene rings is 2. The molecule has 7 nitrogen and oxygen atoms in total. The number of rotatable bonds is 12. The highest BCUT2D eigenvalue weighted by molar-refractivity contribution is 9.10. The fourth-order valence-corrected chi connectivity index (χ4v) is 5.11. The maximum absolute atomic E-state index is 13.4. The van der Waals surface area contributed by atoms with E-state index in [9.17, 15) is 18.0 Å². The molecule has 1 N–H and O–H groups in total. The van der Waals surface area contributed by atoms with Crippen LogP contribution in [0.4, 0.5) is 5.69 Å². The van der Waals surface area contributed by atoms with E-state index in [2.05, 4.69) is 21.2 Å². The number of sulfonamides is 1. The van der Waals surface area contributed by atoms with Crippen molar-refractivity contribution < 1.29 is 18.0 Å². The van der Waals surface area contributed by atoms with Crippen LogP contribution in [0.3, 0.4) is 0 Å². The Balaban J connectivity index is 2.20. The molecule has 0 heterocycles. The summed E-state index contributed by atoms with van der Waals surface area (Å²) in [5.41, 5.74) is 2.15. The van der Waals surface area contributed by atoms with Gasteiger partial charge in [-0.2, -0.15) is 0 Å². The quantitative estimate of drug-likeness (QED) is 0.359. The topological polar surface area (TPSA) is 86.8 Å². The smallest absolute Gasteiger partial charge is 0.242 e. The van der Waals surface area contributed by atoms with Crippen molar-refractivity contribution in [1.82, 2.24) is 10.2 Å². The number of hydrogen-bond acceptors (Lipinski definition) is 4. The summed E-state index contributed by atoms with van der Waals surface area (Å²) in [6.45, 7) is 7.81. The van der Waals surface area contributed by atoms with Crippen LogP contribution in [0.1, 0.15) is 51.2 Å². The number of hydrogen-bond donors (Lipinski definition) is 1. The highest BCUT2D eigenvalue weighted by Crippen LogP contribution is 2.27. The molecule has 0 aliphatic heterocycles. The van der Waals surface area contributed by atoms with E-state index in [0.717, 1.165) is 28.3 Å². The molecule has 2 aromatic rings. The molecule has 0 aromatic heterocycles.